The molecule has 1 heterocycles. The molecule has 0 aromatic heterocycles. The van der Waals surface area contributed by atoms with Crippen LogP contribution in [0.5, 0.6) is 11.5 Å². The number of benzene rings is 2. The Bertz CT molecular complexity index is 971. The maximum Gasteiger partial charge on any atom is 0.340 e. The van der Waals surface area contributed by atoms with Gasteiger partial charge in [0.05, 0.1) is 20.5 Å². The monoisotopic (exact) mass is 416 g/mol. The van der Waals surface area contributed by atoms with Crippen molar-refractivity contribution < 1.29 is 27.4 Å². The number of carbonyl (C=O) groups is 1. The Kier molecular flexibility index (Phi) is 5.32. The summed E-state index contributed by atoms with van der Waals surface area (Å²) in [7, 11) is -3.47. The minimum absolute atomic E-state index is 0.0174. The molecule has 2 aromatic rings. The van der Waals surface area contributed by atoms with Gasteiger partial charge >= 0.3 is 5.97 Å². The first-order valence-corrected chi connectivity index (χ1v) is 10.1. The smallest absolute Gasteiger partial charge is 0.340 e. The van der Waals surface area contributed by atoms with Crippen LogP contribution in [0.1, 0.15) is 15.9 Å². The summed E-state index contributed by atoms with van der Waals surface area (Å²) in [6.07, 6.45) is 1.04. The van der Waals surface area contributed by atoms with Crippen molar-refractivity contribution in [2.45, 2.75) is 11.5 Å². The molecule has 6 nitrogen and oxygen atoms in total. The van der Waals surface area contributed by atoms with E-state index in [2.05, 4.69) is 0 Å². The molecule has 1 aliphatic heterocycles. The molecule has 0 saturated heterocycles. The fraction of sp³-hybridized carbons (Fsp3) is 0.235. The van der Waals surface area contributed by atoms with Crippen LogP contribution >= 0.6 is 23.2 Å². The lowest BCUT2D eigenvalue weighted by Gasteiger charge is -2.20. The Morgan fingerprint density at radius 3 is 2.58 bits per heavy atom. The summed E-state index contributed by atoms with van der Waals surface area (Å²) in [6.45, 7) is 0.727. The molecule has 9 heteroatoms. The molecule has 0 unspecified atom stereocenters. The summed E-state index contributed by atoms with van der Waals surface area (Å²) in [5.74, 6) is 0.190. The number of rotatable bonds is 4. The number of esters is 1. The number of fused-ring (bicyclic) bond motifs is 1. The van der Waals surface area contributed by atoms with Crippen LogP contribution in [0.25, 0.3) is 0 Å². The third-order valence-corrected chi connectivity index (χ3v) is 5.33. The molecule has 3 rings (SSSR count). The van der Waals surface area contributed by atoms with Crippen molar-refractivity contribution in [1.82, 2.24) is 0 Å². The van der Waals surface area contributed by atoms with Gasteiger partial charge in [0, 0.05) is 6.26 Å². The molecule has 26 heavy (non-hydrogen) atoms. The van der Waals surface area contributed by atoms with Crippen LogP contribution in [0, 0.1) is 0 Å². The van der Waals surface area contributed by atoms with Gasteiger partial charge in [-0.05, 0) is 35.9 Å². The zero-order chi connectivity index (χ0) is 18.9. The SMILES string of the molecule is CS(=O)(=O)c1ccc(Cl)c(C(=O)OCc2cc(Cl)c3c(c2)OCCO3)c1. The van der Waals surface area contributed by atoms with E-state index in [1.807, 2.05) is 0 Å². The lowest BCUT2D eigenvalue weighted by Crippen LogP contribution is -2.16. The quantitative estimate of drug-likeness (QED) is 0.709. The number of ether oxygens (including phenoxy) is 3. The highest BCUT2D eigenvalue weighted by Crippen LogP contribution is 2.38. The van der Waals surface area contributed by atoms with Crippen molar-refractivity contribution in [3.05, 3.63) is 51.5 Å². The first-order valence-electron chi connectivity index (χ1n) is 7.50. The highest BCUT2D eigenvalue weighted by molar-refractivity contribution is 7.90. The molecule has 0 radical (unpaired) electrons. The predicted molar refractivity (Wildman–Crippen MR) is 96.1 cm³/mol. The van der Waals surface area contributed by atoms with Gasteiger partial charge in [-0.1, -0.05) is 23.2 Å². The van der Waals surface area contributed by atoms with Crippen LogP contribution in [-0.2, 0) is 21.2 Å². The summed E-state index contributed by atoms with van der Waals surface area (Å²) in [5, 5.41) is 0.452. The van der Waals surface area contributed by atoms with Crippen LogP contribution in [0.4, 0.5) is 0 Å². The standard InChI is InChI=1S/C17H14Cl2O6S/c1-26(21,22)11-2-3-13(18)12(8-11)17(20)25-9-10-6-14(19)16-15(7-10)23-4-5-24-16/h2-3,6-8H,4-5,9H2,1H3. The van der Waals surface area contributed by atoms with Gasteiger partial charge in [0.1, 0.15) is 19.8 Å². The Morgan fingerprint density at radius 2 is 1.85 bits per heavy atom. The van der Waals surface area contributed by atoms with Crippen molar-refractivity contribution in [3.63, 3.8) is 0 Å². The van der Waals surface area contributed by atoms with Crippen LogP contribution in [0.3, 0.4) is 0 Å². The molecule has 2 aromatic carbocycles. The fourth-order valence-corrected chi connectivity index (χ4v) is 3.50. The average molecular weight is 417 g/mol. The second-order valence-electron chi connectivity index (χ2n) is 5.59. The number of carbonyl (C=O) groups excluding carboxylic acids is 1. The molecule has 138 valence electrons. The molecule has 0 amide bonds. The number of hydrogen-bond donors (Lipinski definition) is 0. The Morgan fingerprint density at radius 1 is 1.12 bits per heavy atom. The van der Waals surface area contributed by atoms with Crippen molar-refractivity contribution in [2.75, 3.05) is 19.5 Å². The summed E-state index contributed by atoms with van der Waals surface area (Å²) >= 11 is 12.1. The maximum atomic E-state index is 12.3. The first kappa shape index (κ1) is 18.8. The predicted octanol–water partition coefficient (Wildman–Crippen LogP) is 3.53. The summed E-state index contributed by atoms with van der Waals surface area (Å²) < 4.78 is 39.4. The van der Waals surface area contributed by atoms with E-state index in [4.69, 9.17) is 37.4 Å². The van der Waals surface area contributed by atoms with Crippen LogP contribution < -0.4 is 9.47 Å². The molecule has 0 bridgehead atoms. The number of hydrogen-bond acceptors (Lipinski definition) is 6. The van der Waals surface area contributed by atoms with Crippen LogP contribution in [0.15, 0.2) is 35.2 Å². The van der Waals surface area contributed by atoms with Gasteiger partial charge in [-0.2, -0.15) is 0 Å². The van der Waals surface area contributed by atoms with Gasteiger partial charge in [-0.3, -0.25) is 0 Å². The van der Waals surface area contributed by atoms with E-state index in [1.165, 1.54) is 18.2 Å². The third kappa shape index (κ3) is 4.06. The Hall–Kier alpha value is -1.96. The van der Waals surface area contributed by atoms with E-state index >= 15 is 0 Å². The maximum absolute atomic E-state index is 12.3. The van der Waals surface area contributed by atoms with E-state index in [9.17, 15) is 13.2 Å². The molecule has 0 aliphatic carbocycles. The second kappa shape index (κ2) is 7.34. The fourth-order valence-electron chi connectivity index (χ4n) is 2.37. The lowest BCUT2D eigenvalue weighted by atomic mass is 10.2. The highest BCUT2D eigenvalue weighted by Gasteiger charge is 2.19. The topological polar surface area (TPSA) is 78.9 Å². The van der Waals surface area contributed by atoms with E-state index in [0.717, 1.165) is 6.26 Å². The van der Waals surface area contributed by atoms with Crippen LogP contribution in [0.2, 0.25) is 10.0 Å². The van der Waals surface area contributed by atoms with Crippen molar-refractivity contribution >= 4 is 39.0 Å². The number of sulfone groups is 1. The molecule has 1 aliphatic rings. The number of halogens is 2. The molecular formula is C17H14Cl2O6S. The minimum atomic E-state index is -3.47. The van der Waals surface area contributed by atoms with E-state index < -0.39 is 15.8 Å². The largest absolute Gasteiger partial charge is 0.486 e. The van der Waals surface area contributed by atoms with Gasteiger partial charge in [-0.15, -0.1) is 0 Å². The highest BCUT2D eigenvalue weighted by atomic mass is 35.5. The van der Waals surface area contributed by atoms with Gasteiger partial charge in [-0.25, -0.2) is 13.2 Å². The van der Waals surface area contributed by atoms with Gasteiger partial charge in [0.25, 0.3) is 0 Å². The second-order valence-corrected chi connectivity index (χ2v) is 8.42. The van der Waals surface area contributed by atoms with Crippen LogP contribution in [-0.4, -0.2) is 33.9 Å². The van der Waals surface area contributed by atoms with E-state index in [-0.39, 0.29) is 22.1 Å². The Labute approximate surface area is 160 Å². The summed E-state index contributed by atoms with van der Waals surface area (Å²) in [5.41, 5.74) is 0.571. The van der Waals surface area contributed by atoms with Crippen molar-refractivity contribution in [2.24, 2.45) is 0 Å². The first-order chi connectivity index (χ1) is 12.3. The van der Waals surface area contributed by atoms with Gasteiger partial charge in [0.2, 0.25) is 0 Å². The zero-order valence-corrected chi connectivity index (χ0v) is 16.0. The zero-order valence-electron chi connectivity index (χ0n) is 13.6. The molecule has 0 atom stereocenters. The lowest BCUT2D eigenvalue weighted by molar-refractivity contribution is 0.0472. The minimum Gasteiger partial charge on any atom is -0.486 e. The molecule has 0 saturated carbocycles. The molecule has 0 fully saturated rings. The molecule has 0 spiro atoms. The third-order valence-electron chi connectivity index (χ3n) is 3.61. The molecule has 0 N–H and O–H groups in total. The molecular weight excluding hydrogens is 403 g/mol. The summed E-state index contributed by atoms with van der Waals surface area (Å²) in [4.78, 5) is 12.3. The van der Waals surface area contributed by atoms with Crippen molar-refractivity contribution in [3.8, 4) is 11.5 Å². The van der Waals surface area contributed by atoms with Gasteiger partial charge in [0.15, 0.2) is 21.3 Å². The van der Waals surface area contributed by atoms with E-state index in [0.29, 0.717) is 35.3 Å². The average Bonchev–Trinajstić information content (AvgIpc) is 2.59. The van der Waals surface area contributed by atoms with E-state index in [1.54, 1.807) is 12.1 Å². The summed E-state index contributed by atoms with van der Waals surface area (Å²) in [6, 6.07) is 7.14. The normalized spacial score (nSPS) is 13.3. The van der Waals surface area contributed by atoms with Crippen molar-refractivity contribution in [1.29, 1.82) is 0 Å². The Balaban J connectivity index is 1.78. The van der Waals surface area contributed by atoms with Gasteiger partial charge < -0.3 is 14.2 Å².